The number of terminal acetylenes is 1. The van der Waals surface area contributed by atoms with Crippen molar-refractivity contribution < 1.29 is 36.3 Å². The number of nitrogens with zero attached hydrogens (tertiary/aromatic N) is 3. The molecule has 2 aliphatic heterocycles. The van der Waals surface area contributed by atoms with Crippen LogP contribution in [0, 0.1) is 35.8 Å². The largest absolute Gasteiger partial charge is 0.433 e. The van der Waals surface area contributed by atoms with Gasteiger partial charge in [-0.1, -0.05) is 11.6 Å². The predicted molar refractivity (Wildman–Crippen MR) is 115 cm³/mol. The first-order valence-corrected chi connectivity index (χ1v) is 11.1. The number of carbonyl (C=O) groups excluding carboxylic acids is 2. The van der Waals surface area contributed by atoms with Crippen molar-refractivity contribution in [2.24, 2.45) is 11.8 Å². The van der Waals surface area contributed by atoms with E-state index in [1.807, 2.05) is 0 Å². The van der Waals surface area contributed by atoms with Crippen molar-refractivity contribution in [1.29, 1.82) is 0 Å². The number of nitrogens with one attached hydrogen (secondary N) is 1. The average Bonchev–Trinajstić information content (AvgIpc) is 3.23. The highest BCUT2D eigenvalue weighted by atomic mass is 35.5. The van der Waals surface area contributed by atoms with Gasteiger partial charge in [0.1, 0.15) is 35.4 Å². The van der Waals surface area contributed by atoms with E-state index in [9.17, 15) is 31.5 Å². The van der Waals surface area contributed by atoms with Gasteiger partial charge in [-0.2, -0.15) is 13.2 Å². The summed E-state index contributed by atoms with van der Waals surface area (Å²) in [7, 11) is 0. The molecule has 2 aliphatic rings. The minimum Gasteiger partial charge on any atom is -0.381 e. The van der Waals surface area contributed by atoms with Gasteiger partial charge < -0.3 is 15.0 Å². The highest BCUT2D eigenvalue weighted by Crippen LogP contribution is 2.34. The van der Waals surface area contributed by atoms with Crippen LogP contribution in [0.4, 0.5) is 22.0 Å². The molecule has 0 saturated carbocycles. The maximum absolute atomic E-state index is 14.7. The van der Waals surface area contributed by atoms with E-state index in [0.717, 1.165) is 17.0 Å². The smallest absolute Gasteiger partial charge is 0.381 e. The molecule has 1 aromatic carbocycles. The summed E-state index contributed by atoms with van der Waals surface area (Å²) in [6.45, 7) is 0.214. The number of likely N-dealkylation sites (tertiary alicyclic amines) is 1. The van der Waals surface area contributed by atoms with E-state index < -0.39 is 70.0 Å². The Morgan fingerprint density at radius 1 is 1.19 bits per heavy atom. The lowest BCUT2D eigenvalue weighted by Gasteiger charge is -2.36. The molecule has 3 atom stereocenters. The number of hydrogen-bond acceptors (Lipinski definition) is 5. The Kier molecular flexibility index (Phi) is 7.15. The molecule has 3 heterocycles. The van der Waals surface area contributed by atoms with Crippen molar-refractivity contribution >= 4 is 23.4 Å². The number of benzene rings is 1. The summed E-state index contributed by atoms with van der Waals surface area (Å²) in [4.78, 5) is 34.1. The van der Waals surface area contributed by atoms with E-state index in [-0.39, 0.29) is 31.7 Å². The molecule has 190 valence electrons. The SMILES string of the molecule is C#C[C@@H]1C[C@H](C(=O)N[C@@H](c2cc(F)c(Cl)cc2F)C2COC2)N(C(=O)c2cc(C(F)(F)F)ncn2)C1. The Balaban J connectivity index is 1.61. The minimum absolute atomic E-state index is 0.0105. The summed E-state index contributed by atoms with van der Waals surface area (Å²) in [6, 6.07) is -0.0523. The fourth-order valence-electron chi connectivity index (χ4n) is 4.13. The molecule has 13 heteroatoms. The van der Waals surface area contributed by atoms with Crippen LogP contribution >= 0.6 is 11.6 Å². The molecule has 2 saturated heterocycles. The Bertz CT molecular complexity index is 1230. The van der Waals surface area contributed by atoms with Crippen LogP contribution in [0.1, 0.15) is 34.2 Å². The van der Waals surface area contributed by atoms with E-state index >= 15 is 0 Å². The lowest BCUT2D eigenvalue weighted by atomic mass is 9.90. The Morgan fingerprint density at radius 3 is 2.53 bits per heavy atom. The van der Waals surface area contributed by atoms with Gasteiger partial charge in [0, 0.05) is 30.0 Å². The zero-order valence-electron chi connectivity index (χ0n) is 18.4. The summed E-state index contributed by atoms with van der Waals surface area (Å²) in [5.41, 5.74) is -2.05. The summed E-state index contributed by atoms with van der Waals surface area (Å²) in [5, 5.41) is 2.21. The molecule has 7 nitrogen and oxygen atoms in total. The first-order valence-electron chi connectivity index (χ1n) is 10.7. The Morgan fingerprint density at radius 2 is 1.92 bits per heavy atom. The number of aromatic nitrogens is 2. The number of hydrogen-bond donors (Lipinski definition) is 1. The van der Waals surface area contributed by atoms with Gasteiger partial charge in [-0.15, -0.1) is 12.3 Å². The maximum atomic E-state index is 14.7. The molecular weight excluding hydrogens is 511 g/mol. The third kappa shape index (κ3) is 5.12. The molecule has 0 aliphatic carbocycles. The van der Waals surface area contributed by atoms with Crippen LogP contribution in [0.15, 0.2) is 24.5 Å². The molecule has 2 aromatic rings. The molecule has 1 N–H and O–H groups in total. The molecule has 2 fully saturated rings. The molecule has 0 radical (unpaired) electrons. The summed E-state index contributed by atoms with van der Waals surface area (Å²) >= 11 is 5.64. The van der Waals surface area contributed by atoms with Crippen LogP contribution in [0.2, 0.25) is 5.02 Å². The minimum atomic E-state index is -4.81. The third-order valence-corrected chi connectivity index (χ3v) is 6.37. The number of rotatable bonds is 5. The van der Waals surface area contributed by atoms with Gasteiger partial charge >= 0.3 is 6.18 Å². The molecule has 0 unspecified atom stereocenters. The molecule has 4 rings (SSSR count). The van der Waals surface area contributed by atoms with Gasteiger partial charge in [-0.25, -0.2) is 18.7 Å². The molecule has 0 spiro atoms. The first-order chi connectivity index (χ1) is 17.0. The quantitative estimate of drug-likeness (QED) is 0.365. The van der Waals surface area contributed by atoms with Crippen LogP contribution < -0.4 is 5.32 Å². The average molecular weight is 529 g/mol. The molecule has 2 amide bonds. The van der Waals surface area contributed by atoms with Crippen molar-refractivity contribution in [2.75, 3.05) is 19.8 Å². The fourth-order valence-corrected chi connectivity index (χ4v) is 4.28. The Labute approximate surface area is 207 Å². The van der Waals surface area contributed by atoms with Crippen molar-refractivity contribution in [3.63, 3.8) is 0 Å². The van der Waals surface area contributed by atoms with Gasteiger partial charge in [-0.3, -0.25) is 9.59 Å². The van der Waals surface area contributed by atoms with Crippen LogP contribution in [-0.2, 0) is 15.7 Å². The van der Waals surface area contributed by atoms with Crippen molar-refractivity contribution in [3.05, 3.63) is 58.1 Å². The van der Waals surface area contributed by atoms with E-state index in [2.05, 4.69) is 21.2 Å². The van der Waals surface area contributed by atoms with E-state index in [1.165, 1.54) is 0 Å². The number of amides is 2. The fraction of sp³-hybridized carbons (Fsp3) is 0.391. The van der Waals surface area contributed by atoms with E-state index in [4.69, 9.17) is 22.8 Å². The van der Waals surface area contributed by atoms with Gasteiger partial charge in [0.05, 0.1) is 24.3 Å². The summed E-state index contributed by atoms with van der Waals surface area (Å²) in [6.07, 6.45) is 1.29. The number of carbonyl (C=O) groups is 2. The Hall–Kier alpha value is -3.30. The van der Waals surface area contributed by atoms with Crippen LogP contribution in [0.5, 0.6) is 0 Å². The van der Waals surface area contributed by atoms with Crippen molar-refractivity contribution in [1.82, 2.24) is 20.2 Å². The first kappa shape index (κ1) is 25.8. The summed E-state index contributed by atoms with van der Waals surface area (Å²) in [5.74, 6) is -1.94. The second-order valence-corrected chi connectivity index (χ2v) is 8.84. The lowest BCUT2D eigenvalue weighted by Crippen LogP contribution is -2.50. The molecule has 36 heavy (non-hydrogen) atoms. The monoisotopic (exact) mass is 528 g/mol. The summed E-state index contributed by atoms with van der Waals surface area (Å²) < 4.78 is 73.1. The predicted octanol–water partition coefficient (Wildman–Crippen LogP) is 3.39. The molecule has 1 aromatic heterocycles. The second kappa shape index (κ2) is 9.99. The lowest BCUT2D eigenvalue weighted by molar-refractivity contribution is -0.141. The number of alkyl halides is 3. The van der Waals surface area contributed by atoms with Gasteiger partial charge in [0.25, 0.3) is 5.91 Å². The zero-order valence-corrected chi connectivity index (χ0v) is 19.1. The maximum Gasteiger partial charge on any atom is 0.433 e. The van der Waals surface area contributed by atoms with Gasteiger partial charge in [-0.05, 0) is 18.6 Å². The normalized spacial score (nSPS) is 21.0. The van der Waals surface area contributed by atoms with Crippen LogP contribution in [-0.4, -0.2) is 52.5 Å². The van der Waals surface area contributed by atoms with Crippen LogP contribution in [0.25, 0.3) is 0 Å². The second-order valence-electron chi connectivity index (χ2n) is 8.43. The standard InChI is InChI=1S/C23H18ClF5N4O3/c1-2-11-3-18(33(7-11)22(35)17-6-19(23(27,28)29)31-10-30-17)21(34)32-20(12-8-36-9-12)13-4-16(26)14(24)5-15(13)25/h1,4-6,10-12,18,20H,3,7-9H2,(H,32,34)/t11-,18-,20-/m1/s1. The van der Waals surface area contributed by atoms with Gasteiger partial charge in [0.15, 0.2) is 0 Å². The number of halogens is 6. The number of ether oxygens (including phenoxy) is 1. The van der Waals surface area contributed by atoms with Crippen LogP contribution in [0.3, 0.4) is 0 Å². The van der Waals surface area contributed by atoms with Crippen molar-refractivity contribution in [3.8, 4) is 12.3 Å². The highest BCUT2D eigenvalue weighted by Gasteiger charge is 2.43. The van der Waals surface area contributed by atoms with E-state index in [0.29, 0.717) is 12.4 Å². The highest BCUT2D eigenvalue weighted by molar-refractivity contribution is 6.30. The third-order valence-electron chi connectivity index (χ3n) is 6.08. The molecular formula is C23H18ClF5N4O3. The molecule has 0 bridgehead atoms. The van der Waals surface area contributed by atoms with Crippen molar-refractivity contribution in [2.45, 2.75) is 24.7 Å². The van der Waals surface area contributed by atoms with Gasteiger partial charge in [0.2, 0.25) is 5.91 Å². The topological polar surface area (TPSA) is 84.4 Å². The van der Waals surface area contributed by atoms with E-state index in [1.54, 1.807) is 0 Å². The zero-order chi connectivity index (χ0) is 26.2.